The fourth-order valence-electron chi connectivity index (χ4n) is 2.01. The second kappa shape index (κ2) is 7.45. The average Bonchev–Trinajstić information content (AvgIpc) is 2.54. The first-order valence-corrected chi connectivity index (χ1v) is 8.80. The SMILES string of the molecule is O=C(c1cc(Cl)ccc1O)C(Br)C(Br)c1ccc(C(F)(F)F)cc1. The van der Waals surface area contributed by atoms with Crippen LogP contribution >= 0.6 is 43.5 Å². The molecule has 0 fully saturated rings. The predicted molar refractivity (Wildman–Crippen MR) is 93.3 cm³/mol. The molecule has 0 heterocycles. The Morgan fingerprint density at radius 1 is 1.08 bits per heavy atom. The smallest absolute Gasteiger partial charge is 0.416 e. The standard InChI is InChI=1S/C16H10Br2ClF3O2/c17-13(8-1-3-9(4-2-8)16(20,21)22)14(18)15(24)11-7-10(19)5-6-12(11)23/h1-7,13-14,23H. The van der Waals surface area contributed by atoms with Crippen molar-refractivity contribution in [2.45, 2.75) is 15.8 Å². The number of hydrogen-bond donors (Lipinski definition) is 1. The van der Waals surface area contributed by atoms with E-state index in [1.54, 1.807) is 0 Å². The van der Waals surface area contributed by atoms with Gasteiger partial charge in [0.05, 0.1) is 20.8 Å². The summed E-state index contributed by atoms with van der Waals surface area (Å²) in [7, 11) is 0. The van der Waals surface area contributed by atoms with Crippen LogP contribution in [0, 0.1) is 0 Å². The molecule has 1 N–H and O–H groups in total. The van der Waals surface area contributed by atoms with Crippen LogP contribution in [0.4, 0.5) is 13.2 Å². The molecule has 0 aromatic heterocycles. The lowest BCUT2D eigenvalue weighted by Crippen LogP contribution is -2.19. The van der Waals surface area contributed by atoms with Crippen LogP contribution in [-0.4, -0.2) is 15.7 Å². The number of phenols is 1. The zero-order valence-corrected chi connectivity index (χ0v) is 15.7. The molecule has 8 heteroatoms. The molecule has 2 aromatic carbocycles. The van der Waals surface area contributed by atoms with E-state index in [1.165, 1.54) is 30.3 Å². The van der Waals surface area contributed by atoms with Crippen molar-refractivity contribution < 1.29 is 23.1 Å². The van der Waals surface area contributed by atoms with Gasteiger partial charge in [0.25, 0.3) is 0 Å². The molecule has 0 aliphatic carbocycles. The Bertz CT molecular complexity index is 748. The summed E-state index contributed by atoms with van der Waals surface area (Å²) < 4.78 is 37.8. The van der Waals surface area contributed by atoms with Crippen molar-refractivity contribution in [2.75, 3.05) is 0 Å². The Labute approximate surface area is 157 Å². The molecule has 0 aliphatic rings. The second-order valence-corrected chi connectivity index (χ2v) is 7.36. The number of carbonyl (C=O) groups excluding carboxylic acids is 1. The lowest BCUT2D eigenvalue weighted by molar-refractivity contribution is -0.137. The molecule has 24 heavy (non-hydrogen) atoms. The van der Waals surface area contributed by atoms with Gasteiger partial charge < -0.3 is 5.11 Å². The first kappa shape index (κ1) is 19.3. The lowest BCUT2D eigenvalue weighted by Gasteiger charge is -2.17. The number of Topliss-reactive ketones (excluding diaryl/α,β-unsaturated/α-hetero) is 1. The molecule has 2 unspecified atom stereocenters. The monoisotopic (exact) mass is 484 g/mol. The first-order valence-electron chi connectivity index (χ1n) is 6.59. The average molecular weight is 487 g/mol. The highest BCUT2D eigenvalue weighted by atomic mass is 79.9. The van der Waals surface area contributed by atoms with Crippen LogP contribution in [0.1, 0.15) is 26.3 Å². The third-order valence-electron chi connectivity index (χ3n) is 3.29. The third-order valence-corrected chi connectivity index (χ3v) is 6.23. The van der Waals surface area contributed by atoms with Crippen LogP contribution in [0.2, 0.25) is 5.02 Å². The van der Waals surface area contributed by atoms with Crippen molar-refractivity contribution in [3.63, 3.8) is 0 Å². The molecule has 0 saturated heterocycles. The van der Waals surface area contributed by atoms with Crippen molar-refractivity contribution in [3.8, 4) is 5.75 Å². The van der Waals surface area contributed by atoms with Gasteiger partial charge in [0.15, 0.2) is 5.78 Å². The van der Waals surface area contributed by atoms with E-state index in [0.717, 1.165) is 12.1 Å². The largest absolute Gasteiger partial charge is 0.507 e. The number of rotatable bonds is 4. The van der Waals surface area contributed by atoms with Gasteiger partial charge in [-0.3, -0.25) is 4.79 Å². The molecule has 2 nitrogen and oxygen atoms in total. The van der Waals surface area contributed by atoms with E-state index < -0.39 is 27.2 Å². The number of benzene rings is 2. The van der Waals surface area contributed by atoms with E-state index in [4.69, 9.17) is 11.6 Å². The van der Waals surface area contributed by atoms with Gasteiger partial charge in [0, 0.05) is 5.02 Å². The van der Waals surface area contributed by atoms with E-state index in [1.807, 2.05) is 0 Å². The molecule has 0 radical (unpaired) electrons. The summed E-state index contributed by atoms with van der Waals surface area (Å²) >= 11 is 12.4. The van der Waals surface area contributed by atoms with Crippen LogP contribution in [0.5, 0.6) is 5.75 Å². The van der Waals surface area contributed by atoms with Gasteiger partial charge in [-0.1, -0.05) is 55.6 Å². The fourth-order valence-corrected chi connectivity index (χ4v) is 3.28. The van der Waals surface area contributed by atoms with Crippen molar-refractivity contribution in [1.29, 1.82) is 0 Å². The van der Waals surface area contributed by atoms with Gasteiger partial charge in [0.1, 0.15) is 5.75 Å². The molecule has 0 bridgehead atoms. The maximum Gasteiger partial charge on any atom is 0.416 e. The second-order valence-electron chi connectivity index (χ2n) is 4.95. The summed E-state index contributed by atoms with van der Waals surface area (Å²) in [6.45, 7) is 0. The van der Waals surface area contributed by atoms with E-state index in [9.17, 15) is 23.1 Å². The van der Waals surface area contributed by atoms with Gasteiger partial charge in [-0.15, -0.1) is 0 Å². The van der Waals surface area contributed by atoms with Gasteiger partial charge in [-0.05, 0) is 35.9 Å². The molecular formula is C16H10Br2ClF3O2. The molecule has 2 aromatic rings. The summed E-state index contributed by atoms with van der Waals surface area (Å²) in [4.78, 5) is 11.1. The number of carbonyl (C=O) groups is 1. The molecular weight excluding hydrogens is 476 g/mol. The van der Waals surface area contributed by atoms with Crippen molar-refractivity contribution >= 4 is 49.2 Å². The Hall–Kier alpha value is -1.05. The van der Waals surface area contributed by atoms with E-state index in [2.05, 4.69) is 31.9 Å². The van der Waals surface area contributed by atoms with Crippen LogP contribution in [0.25, 0.3) is 0 Å². The highest BCUT2D eigenvalue weighted by Gasteiger charge is 2.32. The number of phenolic OH excluding ortho intramolecular Hbond substituents is 1. The minimum absolute atomic E-state index is 0.0285. The maximum absolute atomic E-state index is 12.6. The molecule has 0 saturated carbocycles. The molecule has 128 valence electrons. The minimum Gasteiger partial charge on any atom is -0.507 e. The van der Waals surface area contributed by atoms with Gasteiger partial charge in [-0.2, -0.15) is 13.2 Å². The summed E-state index contributed by atoms with van der Waals surface area (Å²) in [5.41, 5.74) is -0.253. The molecule has 0 spiro atoms. The summed E-state index contributed by atoms with van der Waals surface area (Å²) in [5, 5.41) is 10.1. The highest BCUT2D eigenvalue weighted by Crippen LogP contribution is 2.37. The van der Waals surface area contributed by atoms with E-state index in [-0.39, 0.29) is 16.3 Å². The first-order chi connectivity index (χ1) is 11.1. The summed E-state index contributed by atoms with van der Waals surface area (Å²) in [6.07, 6.45) is -4.42. The summed E-state index contributed by atoms with van der Waals surface area (Å²) in [6, 6.07) is 8.56. The lowest BCUT2D eigenvalue weighted by atomic mass is 10.0. The van der Waals surface area contributed by atoms with Crippen LogP contribution in [-0.2, 0) is 6.18 Å². The van der Waals surface area contributed by atoms with Crippen LogP contribution < -0.4 is 0 Å². The minimum atomic E-state index is -4.42. The Balaban J connectivity index is 2.24. The van der Waals surface area contributed by atoms with Crippen molar-refractivity contribution in [1.82, 2.24) is 0 Å². The van der Waals surface area contributed by atoms with Gasteiger partial charge in [0.2, 0.25) is 0 Å². The maximum atomic E-state index is 12.6. The van der Waals surface area contributed by atoms with Crippen LogP contribution in [0.15, 0.2) is 42.5 Å². The number of hydrogen-bond acceptors (Lipinski definition) is 2. The van der Waals surface area contributed by atoms with Gasteiger partial charge >= 0.3 is 6.18 Å². The highest BCUT2D eigenvalue weighted by molar-refractivity contribution is 9.12. The normalized spacial score (nSPS) is 14.2. The molecule has 0 aliphatic heterocycles. The molecule has 2 rings (SSSR count). The van der Waals surface area contributed by atoms with Gasteiger partial charge in [-0.25, -0.2) is 0 Å². The summed E-state index contributed by atoms with van der Waals surface area (Å²) in [5.74, 6) is -0.669. The Kier molecular flexibility index (Phi) is 5.99. The zero-order chi connectivity index (χ0) is 18.1. The predicted octanol–water partition coefficient (Wildman–Crippen LogP) is 6.15. The fraction of sp³-hybridized carbons (Fsp3) is 0.188. The number of aromatic hydroxyl groups is 1. The van der Waals surface area contributed by atoms with Crippen molar-refractivity contribution in [2.24, 2.45) is 0 Å². The van der Waals surface area contributed by atoms with E-state index >= 15 is 0 Å². The number of alkyl halides is 5. The number of halogens is 6. The van der Waals surface area contributed by atoms with Crippen LogP contribution in [0.3, 0.4) is 0 Å². The number of ketones is 1. The zero-order valence-electron chi connectivity index (χ0n) is 11.8. The molecule has 0 amide bonds. The third kappa shape index (κ3) is 4.32. The Morgan fingerprint density at radius 2 is 1.67 bits per heavy atom. The quantitative estimate of drug-likeness (QED) is 0.416. The molecule has 2 atom stereocenters. The topological polar surface area (TPSA) is 37.3 Å². The Morgan fingerprint density at radius 3 is 2.21 bits per heavy atom. The van der Waals surface area contributed by atoms with Crippen molar-refractivity contribution in [3.05, 3.63) is 64.2 Å². The van der Waals surface area contributed by atoms with E-state index in [0.29, 0.717) is 5.56 Å².